The van der Waals surface area contributed by atoms with E-state index in [0.29, 0.717) is 37.6 Å². The zero-order chi connectivity index (χ0) is 19.3. The third-order valence-electron chi connectivity index (χ3n) is 5.43. The van der Waals surface area contributed by atoms with Crippen molar-refractivity contribution >= 4 is 11.7 Å². The normalized spacial score (nSPS) is 18.2. The number of halogens is 1. The van der Waals surface area contributed by atoms with Crippen molar-refractivity contribution in [3.05, 3.63) is 47.8 Å². The van der Waals surface area contributed by atoms with Gasteiger partial charge >= 0.3 is 0 Å². The van der Waals surface area contributed by atoms with Crippen LogP contribution in [0.3, 0.4) is 0 Å². The van der Waals surface area contributed by atoms with Crippen LogP contribution in [0.5, 0.6) is 5.88 Å². The summed E-state index contributed by atoms with van der Waals surface area (Å²) in [5.41, 5.74) is 0.387. The highest BCUT2D eigenvalue weighted by atomic mass is 19.1. The molecule has 6 nitrogen and oxygen atoms in total. The van der Waals surface area contributed by atoms with E-state index in [9.17, 15) is 9.18 Å². The molecule has 2 heterocycles. The molecular weight excluding hydrogens is 359 g/mol. The van der Waals surface area contributed by atoms with Crippen molar-refractivity contribution in [3.8, 4) is 5.88 Å². The molecule has 4 rings (SSSR count). The maximum Gasteiger partial charge on any atom is 0.254 e. The molecule has 28 heavy (non-hydrogen) atoms. The van der Waals surface area contributed by atoms with Crippen molar-refractivity contribution in [2.75, 3.05) is 31.1 Å². The highest BCUT2D eigenvalue weighted by Gasteiger charge is 2.23. The Morgan fingerprint density at radius 1 is 1.00 bits per heavy atom. The molecule has 1 saturated heterocycles. The second-order valence-corrected chi connectivity index (χ2v) is 7.40. The maximum atomic E-state index is 13.4. The first kappa shape index (κ1) is 18.7. The van der Waals surface area contributed by atoms with Crippen LogP contribution >= 0.6 is 0 Å². The summed E-state index contributed by atoms with van der Waals surface area (Å²) < 4.78 is 19.3. The SMILES string of the molecule is O=C(c1cccc(F)c1)N1CCN(c2ccc(OC3CCCCC3)nn2)CC1. The lowest BCUT2D eigenvalue weighted by atomic mass is 9.98. The Hall–Kier alpha value is -2.70. The van der Waals surface area contributed by atoms with Gasteiger partial charge in [0.15, 0.2) is 5.82 Å². The molecule has 2 aliphatic rings. The van der Waals surface area contributed by atoms with Gasteiger partial charge < -0.3 is 14.5 Å². The van der Waals surface area contributed by atoms with Crippen LogP contribution in [0.1, 0.15) is 42.5 Å². The van der Waals surface area contributed by atoms with E-state index < -0.39 is 5.82 Å². The lowest BCUT2D eigenvalue weighted by Gasteiger charge is -2.35. The fraction of sp³-hybridized carbons (Fsp3) is 0.476. The summed E-state index contributed by atoms with van der Waals surface area (Å²) in [4.78, 5) is 16.4. The van der Waals surface area contributed by atoms with Crippen molar-refractivity contribution in [1.29, 1.82) is 0 Å². The van der Waals surface area contributed by atoms with Gasteiger partial charge in [-0.2, -0.15) is 0 Å². The Kier molecular flexibility index (Phi) is 5.69. The zero-order valence-electron chi connectivity index (χ0n) is 15.9. The monoisotopic (exact) mass is 384 g/mol. The summed E-state index contributed by atoms with van der Waals surface area (Å²) in [6.45, 7) is 2.46. The molecule has 1 saturated carbocycles. The molecular formula is C21H25FN4O2. The Morgan fingerprint density at radius 2 is 1.79 bits per heavy atom. The number of benzene rings is 1. The number of aromatic nitrogens is 2. The third-order valence-corrected chi connectivity index (χ3v) is 5.43. The number of hydrogen-bond donors (Lipinski definition) is 0. The molecule has 0 atom stereocenters. The van der Waals surface area contributed by atoms with Crippen LogP contribution in [0.4, 0.5) is 10.2 Å². The van der Waals surface area contributed by atoms with Gasteiger partial charge in [-0.1, -0.05) is 12.5 Å². The summed E-state index contributed by atoms with van der Waals surface area (Å²) in [7, 11) is 0. The van der Waals surface area contributed by atoms with E-state index in [0.717, 1.165) is 18.7 Å². The van der Waals surface area contributed by atoms with E-state index in [1.54, 1.807) is 17.0 Å². The smallest absolute Gasteiger partial charge is 0.254 e. The number of amides is 1. The number of nitrogens with zero attached hydrogens (tertiary/aromatic N) is 4. The summed E-state index contributed by atoms with van der Waals surface area (Å²) in [5.74, 6) is 0.834. The molecule has 2 aromatic rings. The van der Waals surface area contributed by atoms with Crippen LogP contribution < -0.4 is 9.64 Å². The van der Waals surface area contributed by atoms with E-state index in [-0.39, 0.29) is 12.0 Å². The van der Waals surface area contributed by atoms with Crippen molar-refractivity contribution < 1.29 is 13.9 Å². The average molecular weight is 384 g/mol. The number of hydrogen-bond acceptors (Lipinski definition) is 5. The summed E-state index contributed by atoms with van der Waals surface area (Å²) in [5, 5.41) is 8.53. The number of carbonyl (C=O) groups excluding carboxylic acids is 1. The minimum Gasteiger partial charge on any atom is -0.473 e. The van der Waals surface area contributed by atoms with Crippen LogP contribution in [-0.4, -0.2) is 53.3 Å². The molecule has 0 unspecified atom stereocenters. The second-order valence-electron chi connectivity index (χ2n) is 7.40. The third kappa shape index (κ3) is 4.40. The van der Waals surface area contributed by atoms with E-state index in [1.165, 1.54) is 31.4 Å². The van der Waals surface area contributed by atoms with E-state index in [4.69, 9.17) is 4.74 Å². The number of anilines is 1. The van der Waals surface area contributed by atoms with Gasteiger partial charge in [0, 0.05) is 37.8 Å². The van der Waals surface area contributed by atoms with E-state index in [1.807, 2.05) is 12.1 Å². The van der Waals surface area contributed by atoms with E-state index in [2.05, 4.69) is 15.1 Å². The van der Waals surface area contributed by atoms with Crippen LogP contribution in [0.15, 0.2) is 36.4 Å². The predicted molar refractivity (Wildman–Crippen MR) is 104 cm³/mol. The Balaban J connectivity index is 1.31. The lowest BCUT2D eigenvalue weighted by Crippen LogP contribution is -2.49. The highest BCUT2D eigenvalue weighted by Crippen LogP contribution is 2.23. The Labute approximate surface area is 164 Å². The number of piperazine rings is 1. The Morgan fingerprint density at radius 3 is 2.46 bits per heavy atom. The van der Waals surface area contributed by atoms with Gasteiger partial charge in [-0.3, -0.25) is 4.79 Å². The van der Waals surface area contributed by atoms with Crippen LogP contribution in [0, 0.1) is 5.82 Å². The molecule has 7 heteroatoms. The fourth-order valence-electron chi connectivity index (χ4n) is 3.84. The predicted octanol–water partition coefficient (Wildman–Crippen LogP) is 3.29. The van der Waals surface area contributed by atoms with Gasteiger partial charge in [0.25, 0.3) is 5.91 Å². The summed E-state index contributed by atoms with van der Waals surface area (Å²) in [6, 6.07) is 9.64. The second kappa shape index (κ2) is 8.54. The minimum atomic E-state index is -0.393. The molecule has 1 aromatic carbocycles. The molecule has 148 valence electrons. The number of ether oxygens (including phenoxy) is 1. The van der Waals surface area contributed by atoms with Crippen LogP contribution in [0.2, 0.25) is 0 Å². The van der Waals surface area contributed by atoms with Crippen molar-refractivity contribution in [3.63, 3.8) is 0 Å². The molecule has 0 spiro atoms. The van der Waals surface area contributed by atoms with Crippen LogP contribution in [0.25, 0.3) is 0 Å². The first-order chi connectivity index (χ1) is 13.7. The minimum absolute atomic E-state index is 0.138. The van der Waals surface area contributed by atoms with E-state index >= 15 is 0 Å². The molecule has 1 aromatic heterocycles. The Bertz CT molecular complexity index is 800. The largest absolute Gasteiger partial charge is 0.473 e. The van der Waals surface area contributed by atoms with Crippen molar-refractivity contribution in [1.82, 2.24) is 15.1 Å². The standard InChI is InChI=1S/C21H25FN4O2/c22-17-6-4-5-16(15-17)21(27)26-13-11-25(12-14-26)19-9-10-20(24-23-19)28-18-7-2-1-3-8-18/h4-6,9-10,15,18H,1-3,7-8,11-14H2. The van der Waals surface area contributed by atoms with Crippen molar-refractivity contribution in [2.45, 2.75) is 38.2 Å². The lowest BCUT2D eigenvalue weighted by molar-refractivity contribution is 0.0746. The molecule has 2 fully saturated rings. The van der Waals surface area contributed by atoms with Gasteiger partial charge in [0.2, 0.25) is 5.88 Å². The summed E-state index contributed by atoms with van der Waals surface area (Å²) >= 11 is 0. The van der Waals surface area contributed by atoms with Gasteiger partial charge in [0.1, 0.15) is 11.9 Å². The van der Waals surface area contributed by atoms with Gasteiger partial charge in [-0.05, 0) is 49.9 Å². The molecule has 0 N–H and O–H groups in total. The number of carbonyl (C=O) groups is 1. The van der Waals surface area contributed by atoms with Gasteiger partial charge in [-0.15, -0.1) is 10.2 Å². The number of rotatable bonds is 4. The summed E-state index contributed by atoms with van der Waals surface area (Å²) in [6.07, 6.45) is 6.16. The first-order valence-corrected chi connectivity index (χ1v) is 9.99. The first-order valence-electron chi connectivity index (χ1n) is 9.99. The maximum absolute atomic E-state index is 13.4. The topological polar surface area (TPSA) is 58.6 Å². The average Bonchev–Trinajstić information content (AvgIpc) is 2.75. The molecule has 1 aliphatic carbocycles. The van der Waals surface area contributed by atoms with Gasteiger partial charge in [-0.25, -0.2) is 4.39 Å². The zero-order valence-corrected chi connectivity index (χ0v) is 15.9. The fourth-order valence-corrected chi connectivity index (χ4v) is 3.84. The molecule has 0 bridgehead atoms. The molecule has 0 radical (unpaired) electrons. The molecule has 1 aliphatic heterocycles. The van der Waals surface area contributed by atoms with Gasteiger partial charge in [0.05, 0.1) is 0 Å². The highest BCUT2D eigenvalue weighted by molar-refractivity contribution is 5.94. The quantitative estimate of drug-likeness (QED) is 0.810. The van der Waals surface area contributed by atoms with Crippen LogP contribution in [-0.2, 0) is 0 Å². The molecule has 1 amide bonds. The van der Waals surface area contributed by atoms with Crippen molar-refractivity contribution in [2.24, 2.45) is 0 Å².